The molecule has 0 amide bonds. The monoisotopic (exact) mass is 276 g/mol. The Morgan fingerprint density at radius 3 is 2.55 bits per heavy atom. The number of aromatic nitrogens is 1. The van der Waals surface area contributed by atoms with E-state index in [1.165, 1.54) is 12.3 Å². The van der Waals surface area contributed by atoms with E-state index in [0.29, 0.717) is 23.9 Å². The minimum absolute atomic E-state index is 0.338. The van der Waals surface area contributed by atoms with Crippen molar-refractivity contribution in [2.45, 2.75) is 6.42 Å². The molecule has 0 bridgehead atoms. The fraction of sp³-hybridized carbons (Fsp3) is 0.267. The Bertz CT molecular complexity index is 558. The summed E-state index contributed by atoms with van der Waals surface area (Å²) in [5.41, 5.74) is 1.12. The summed E-state index contributed by atoms with van der Waals surface area (Å²) in [6.45, 7) is 0.702. The maximum atomic E-state index is 12.7. The molecular formula is C15H17FN2O2. The van der Waals surface area contributed by atoms with Gasteiger partial charge in [0.25, 0.3) is 0 Å². The molecule has 20 heavy (non-hydrogen) atoms. The number of hydrogen-bond donors (Lipinski definition) is 1. The molecule has 0 aliphatic carbocycles. The summed E-state index contributed by atoms with van der Waals surface area (Å²) in [7, 11) is 3.22. The molecule has 2 rings (SSSR count). The van der Waals surface area contributed by atoms with E-state index in [-0.39, 0.29) is 5.82 Å². The number of pyridine rings is 1. The minimum Gasteiger partial charge on any atom is -0.493 e. The molecule has 0 spiro atoms. The van der Waals surface area contributed by atoms with Crippen molar-refractivity contribution in [2.24, 2.45) is 0 Å². The van der Waals surface area contributed by atoms with Crippen molar-refractivity contribution in [1.29, 1.82) is 0 Å². The predicted octanol–water partition coefficient (Wildman–Crippen LogP) is 2.89. The fourth-order valence-corrected chi connectivity index (χ4v) is 1.85. The van der Waals surface area contributed by atoms with E-state index in [1.807, 2.05) is 18.2 Å². The van der Waals surface area contributed by atoms with Gasteiger partial charge in [-0.2, -0.15) is 0 Å². The van der Waals surface area contributed by atoms with Crippen LogP contribution in [0.4, 0.5) is 10.2 Å². The lowest BCUT2D eigenvalue weighted by Crippen LogP contribution is -2.06. The molecule has 0 radical (unpaired) electrons. The van der Waals surface area contributed by atoms with E-state index in [4.69, 9.17) is 9.47 Å². The van der Waals surface area contributed by atoms with Gasteiger partial charge in [0.1, 0.15) is 11.6 Å². The van der Waals surface area contributed by atoms with Crippen molar-refractivity contribution in [1.82, 2.24) is 4.98 Å². The maximum Gasteiger partial charge on any atom is 0.160 e. The highest BCUT2D eigenvalue weighted by molar-refractivity contribution is 5.43. The van der Waals surface area contributed by atoms with Crippen LogP contribution in [0.25, 0.3) is 0 Å². The average Bonchev–Trinajstić information content (AvgIpc) is 2.49. The second-order valence-electron chi connectivity index (χ2n) is 4.23. The Morgan fingerprint density at radius 1 is 1.10 bits per heavy atom. The normalized spacial score (nSPS) is 10.2. The highest BCUT2D eigenvalue weighted by atomic mass is 19.1. The van der Waals surface area contributed by atoms with Crippen LogP contribution >= 0.6 is 0 Å². The van der Waals surface area contributed by atoms with Gasteiger partial charge in [-0.1, -0.05) is 6.07 Å². The zero-order valence-electron chi connectivity index (χ0n) is 11.5. The second kappa shape index (κ2) is 6.75. The van der Waals surface area contributed by atoms with Crippen LogP contribution in [0.3, 0.4) is 0 Å². The Morgan fingerprint density at radius 2 is 1.90 bits per heavy atom. The number of nitrogens with zero attached hydrogens (tertiary/aromatic N) is 1. The first-order valence-corrected chi connectivity index (χ1v) is 6.29. The highest BCUT2D eigenvalue weighted by Crippen LogP contribution is 2.27. The molecule has 0 saturated heterocycles. The molecule has 106 valence electrons. The third-order valence-corrected chi connectivity index (χ3v) is 2.90. The average molecular weight is 276 g/mol. The summed E-state index contributed by atoms with van der Waals surface area (Å²) < 4.78 is 23.2. The molecule has 0 saturated carbocycles. The molecule has 1 aromatic carbocycles. The van der Waals surface area contributed by atoms with Crippen molar-refractivity contribution in [3.63, 3.8) is 0 Å². The van der Waals surface area contributed by atoms with E-state index < -0.39 is 0 Å². The Labute approximate surface area is 117 Å². The summed E-state index contributed by atoms with van der Waals surface area (Å²) in [6, 6.07) is 8.81. The quantitative estimate of drug-likeness (QED) is 0.881. The van der Waals surface area contributed by atoms with E-state index in [2.05, 4.69) is 10.3 Å². The SMILES string of the molecule is COc1ccc(CCNc2ccc(F)cn2)cc1OC. The van der Waals surface area contributed by atoms with Crippen molar-refractivity contribution in [3.05, 3.63) is 47.9 Å². The van der Waals surface area contributed by atoms with Gasteiger partial charge in [0.05, 0.1) is 20.4 Å². The number of rotatable bonds is 6. The van der Waals surface area contributed by atoms with Crippen molar-refractivity contribution >= 4 is 5.82 Å². The van der Waals surface area contributed by atoms with Crippen LogP contribution in [0.15, 0.2) is 36.5 Å². The summed E-state index contributed by atoms with van der Waals surface area (Å²) in [6.07, 6.45) is 2.00. The Hall–Kier alpha value is -2.30. The standard InChI is InChI=1S/C15H17FN2O2/c1-19-13-5-3-11(9-14(13)20-2)7-8-17-15-6-4-12(16)10-18-15/h3-6,9-10H,7-8H2,1-2H3,(H,17,18). The first kappa shape index (κ1) is 14.1. The summed E-state index contributed by atoms with van der Waals surface area (Å²) in [5, 5.41) is 3.14. The van der Waals surface area contributed by atoms with E-state index in [1.54, 1.807) is 20.3 Å². The maximum absolute atomic E-state index is 12.7. The molecule has 0 fully saturated rings. The topological polar surface area (TPSA) is 43.4 Å². The molecule has 2 aromatic rings. The van der Waals surface area contributed by atoms with Gasteiger partial charge in [-0.15, -0.1) is 0 Å². The van der Waals surface area contributed by atoms with Crippen LogP contribution in [-0.4, -0.2) is 25.7 Å². The first-order valence-electron chi connectivity index (χ1n) is 6.29. The number of hydrogen-bond acceptors (Lipinski definition) is 4. The number of methoxy groups -OCH3 is 2. The van der Waals surface area contributed by atoms with Crippen LogP contribution in [0.2, 0.25) is 0 Å². The molecule has 1 N–H and O–H groups in total. The van der Waals surface area contributed by atoms with Crippen LogP contribution in [0.1, 0.15) is 5.56 Å². The van der Waals surface area contributed by atoms with Gasteiger partial charge in [0, 0.05) is 6.54 Å². The molecular weight excluding hydrogens is 259 g/mol. The molecule has 5 heteroatoms. The highest BCUT2D eigenvalue weighted by Gasteiger charge is 2.04. The van der Waals surface area contributed by atoms with Gasteiger partial charge in [0.15, 0.2) is 11.5 Å². The van der Waals surface area contributed by atoms with Gasteiger partial charge >= 0.3 is 0 Å². The van der Waals surface area contributed by atoms with E-state index >= 15 is 0 Å². The lowest BCUT2D eigenvalue weighted by molar-refractivity contribution is 0.354. The van der Waals surface area contributed by atoms with Crippen molar-refractivity contribution in [2.75, 3.05) is 26.1 Å². The zero-order chi connectivity index (χ0) is 14.4. The molecule has 1 aromatic heterocycles. The van der Waals surface area contributed by atoms with Crippen LogP contribution in [-0.2, 0) is 6.42 Å². The predicted molar refractivity (Wildman–Crippen MR) is 75.9 cm³/mol. The molecule has 0 aliphatic rings. The third kappa shape index (κ3) is 3.60. The third-order valence-electron chi connectivity index (χ3n) is 2.90. The van der Waals surface area contributed by atoms with Crippen LogP contribution < -0.4 is 14.8 Å². The van der Waals surface area contributed by atoms with Gasteiger partial charge in [-0.05, 0) is 36.2 Å². The molecule has 0 atom stereocenters. The first-order chi connectivity index (χ1) is 9.72. The number of benzene rings is 1. The zero-order valence-corrected chi connectivity index (χ0v) is 11.5. The van der Waals surface area contributed by atoms with Gasteiger partial charge < -0.3 is 14.8 Å². The van der Waals surface area contributed by atoms with Crippen LogP contribution in [0.5, 0.6) is 11.5 Å². The number of halogens is 1. The summed E-state index contributed by atoms with van der Waals surface area (Å²) >= 11 is 0. The summed E-state index contributed by atoms with van der Waals surface area (Å²) in [4.78, 5) is 3.94. The molecule has 4 nitrogen and oxygen atoms in total. The lowest BCUT2D eigenvalue weighted by Gasteiger charge is -2.10. The molecule has 1 heterocycles. The fourth-order valence-electron chi connectivity index (χ4n) is 1.85. The van der Waals surface area contributed by atoms with Gasteiger partial charge in [-0.25, -0.2) is 9.37 Å². The van der Waals surface area contributed by atoms with Crippen LogP contribution in [0, 0.1) is 5.82 Å². The van der Waals surface area contributed by atoms with Gasteiger partial charge in [0.2, 0.25) is 0 Å². The van der Waals surface area contributed by atoms with Gasteiger partial charge in [-0.3, -0.25) is 0 Å². The smallest absolute Gasteiger partial charge is 0.160 e. The Balaban J connectivity index is 1.92. The number of anilines is 1. The number of nitrogens with one attached hydrogen (secondary N) is 1. The lowest BCUT2D eigenvalue weighted by atomic mass is 10.1. The molecule has 0 aliphatic heterocycles. The largest absolute Gasteiger partial charge is 0.493 e. The summed E-state index contributed by atoms with van der Waals surface area (Å²) in [5.74, 6) is 1.75. The minimum atomic E-state index is -0.338. The Kier molecular flexibility index (Phi) is 4.76. The molecule has 0 unspecified atom stereocenters. The van der Waals surface area contributed by atoms with E-state index in [0.717, 1.165) is 12.0 Å². The van der Waals surface area contributed by atoms with Crippen molar-refractivity contribution < 1.29 is 13.9 Å². The second-order valence-corrected chi connectivity index (χ2v) is 4.23. The number of ether oxygens (including phenoxy) is 2. The van der Waals surface area contributed by atoms with Crippen molar-refractivity contribution in [3.8, 4) is 11.5 Å². The van der Waals surface area contributed by atoms with E-state index in [9.17, 15) is 4.39 Å².